The van der Waals surface area contributed by atoms with Crippen LogP contribution in [-0.4, -0.2) is 48.0 Å². The number of hydrogen-bond donors (Lipinski definition) is 1. The van der Waals surface area contributed by atoms with Crippen molar-refractivity contribution in [3.05, 3.63) is 11.3 Å². The fourth-order valence-electron chi connectivity index (χ4n) is 3.28. The maximum absolute atomic E-state index is 12.6. The van der Waals surface area contributed by atoms with E-state index in [4.69, 9.17) is 15.2 Å². The van der Waals surface area contributed by atoms with Crippen LogP contribution in [0.4, 0.5) is 0 Å². The molecule has 0 saturated heterocycles. The van der Waals surface area contributed by atoms with Crippen molar-refractivity contribution in [2.24, 2.45) is 5.73 Å². The molecule has 2 rings (SSSR count). The summed E-state index contributed by atoms with van der Waals surface area (Å²) in [6.07, 6.45) is 4.67. The van der Waals surface area contributed by atoms with Gasteiger partial charge in [0.1, 0.15) is 5.70 Å². The highest BCUT2D eigenvalue weighted by atomic mass is 16.5. The van der Waals surface area contributed by atoms with Gasteiger partial charge in [-0.2, -0.15) is 0 Å². The Kier molecular flexibility index (Phi) is 5.63. The maximum atomic E-state index is 12.6. The van der Waals surface area contributed by atoms with Crippen LogP contribution in [0.3, 0.4) is 0 Å². The van der Waals surface area contributed by atoms with Crippen LogP contribution in [0, 0.1) is 0 Å². The minimum Gasteiger partial charge on any atom is -0.464 e. The SMILES string of the molecule is CCOC(=O)C1=C(N)C(=O)N(C2CCCCC2)C1C(=O)OCC. The molecule has 0 aromatic rings. The second kappa shape index (κ2) is 7.48. The number of esters is 2. The monoisotopic (exact) mass is 324 g/mol. The molecule has 7 heteroatoms. The van der Waals surface area contributed by atoms with E-state index in [1.165, 1.54) is 4.90 Å². The zero-order valence-corrected chi connectivity index (χ0v) is 13.7. The van der Waals surface area contributed by atoms with Gasteiger partial charge in [-0.15, -0.1) is 0 Å². The number of amides is 1. The molecule has 0 spiro atoms. The molecule has 128 valence electrons. The molecule has 0 radical (unpaired) electrons. The van der Waals surface area contributed by atoms with E-state index in [9.17, 15) is 14.4 Å². The van der Waals surface area contributed by atoms with E-state index in [1.807, 2.05) is 0 Å². The Morgan fingerprint density at radius 3 is 2.30 bits per heavy atom. The molecule has 1 aliphatic carbocycles. The lowest BCUT2D eigenvalue weighted by atomic mass is 9.93. The summed E-state index contributed by atoms with van der Waals surface area (Å²) in [7, 11) is 0. The first-order chi connectivity index (χ1) is 11.0. The second-order valence-corrected chi connectivity index (χ2v) is 5.71. The standard InChI is InChI=1S/C16H24N2O5/c1-3-22-15(20)11-12(17)14(19)18(10-8-6-5-7-9-10)13(11)16(21)23-4-2/h10,13H,3-9,17H2,1-2H3. The van der Waals surface area contributed by atoms with Gasteiger partial charge in [-0.05, 0) is 26.7 Å². The molecule has 2 N–H and O–H groups in total. The predicted molar refractivity (Wildman–Crippen MR) is 82.0 cm³/mol. The molecule has 7 nitrogen and oxygen atoms in total. The summed E-state index contributed by atoms with van der Waals surface area (Å²) >= 11 is 0. The molecule has 1 atom stereocenters. The van der Waals surface area contributed by atoms with Crippen LogP contribution in [0.25, 0.3) is 0 Å². The number of rotatable bonds is 5. The molecule has 1 unspecified atom stereocenters. The smallest absolute Gasteiger partial charge is 0.339 e. The van der Waals surface area contributed by atoms with E-state index >= 15 is 0 Å². The molecule has 0 aromatic carbocycles. The van der Waals surface area contributed by atoms with Gasteiger partial charge in [-0.1, -0.05) is 19.3 Å². The Hall–Kier alpha value is -2.05. The number of carbonyl (C=O) groups is 3. The maximum Gasteiger partial charge on any atom is 0.339 e. The zero-order valence-electron chi connectivity index (χ0n) is 13.7. The fourth-order valence-corrected chi connectivity index (χ4v) is 3.28. The second-order valence-electron chi connectivity index (χ2n) is 5.71. The number of carbonyl (C=O) groups excluding carboxylic acids is 3. The minimum atomic E-state index is -1.09. The summed E-state index contributed by atoms with van der Waals surface area (Å²) in [4.78, 5) is 38.6. The van der Waals surface area contributed by atoms with Gasteiger partial charge in [0, 0.05) is 6.04 Å². The van der Waals surface area contributed by atoms with Gasteiger partial charge in [0.05, 0.1) is 18.8 Å². The van der Waals surface area contributed by atoms with Crippen molar-refractivity contribution in [3.8, 4) is 0 Å². The molecule has 1 heterocycles. The van der Waals surface area contributed by atoms with E-state index < -0.39 is 23.9 Å². The molecule has 1 amide bonds. The summed E-state index contributed by atoms with van der Waals surface area (Å²) in [5.41, 5.74) is 5.57. The molecule has 1 fully saturated rings. The van der Waals surface area contributed by atoms with Gasteiger partial charge in [0.25, 0.3) is 5.91 Å². The first-order valence-corrected chi connectivity index (χ1v) is 8.18. The number of nitrogens with zero attached hydrogens (tertiary/aromatic N) is 1. The van der Waals surface area contributed by atoms with Gasteiger partial charge in [-0.3, -0.25) is 4.79 Å². The van der Waals surface area contributed by atoms with E-state index in [1.54, 1.807) is 13.8 Å². The topological polar surface area (TPSA) is 98.9 Å². The first-order valence-electron chi connectivity index (χ1n) is 8.18. The van der Waals surface area contributed by atoms with Crippen LogP contribution in [0.1, 0.15) is 46.0 Å². The number of nitrogens with two attached hydrogens (primary N) is 1. The molecule has 0 bridgehead atoms. The van der Waals surface area contributed by atoms with E-state index in [-0.39, 0.29) is 30.5 Å². The Morgan fingerprint density at radius 1 is 1.13 bits per heavy atom. The largest absolute Gasteiger partial charge is 0.464 e. The molecule has 23 heavy (non-hydrogen) atoms. The highest BCUT2D eigenvalue weighted by Crippen LogP contribution is 2.33. The van der Waals surface area contributed by atoms with Crippen molar-refractivity contribution in [2.75, 3.05) is 13.2 Å². The van der Waals surface area contributed by atoms with Gasteiger partial charge in [0.2, 0.25) is 0 Å². The van der Waals surface area contributed by atoms with Crippen molar-refractivity contribution in [1.29, 1.82) is 0 Å². The number of ether oxygens (including phenoxy) is 2. The summed E-state index contributed by atoms with van der Waals surface area (Å²) in [6.45, 7) is 3.64. The van der Waals surface area contributed by atoms with Crippen LogP contribution in [0.5, 0.6) is 0 Å². The van der Waals surface area contributed by atoms with Gasteiger partial charge in [-0.25, -0.2) is 9.59 Å². The average molecular weight is 324 g/mol. The molecular formula is C16H24N2O5. The lowest BCUT2D eigenvalue weighted by Crippen LogP contribution is -2.49. The molecule has 2 aliphatic rings. The lowest BCUT2D eigenvalue weighted by molar-refractivity contribution is -0.154. The van der Waals surface area contributed by atoms with Crippen molar-refractivity contribution in [3.63, 3.8) is 0 Å². The normalized spacial score (nSPS) is 22.4. The third-order valence-electron chi connectivity index (χ3n) is 4.28. The highest BCUT2D eigenvalue weighted by Gasteiger charge is 2.49. The Labute approximate surface area is 135 Å². The summed E-state index contributed by atoms with van der Waals surface area (Å²) < 4.78 is 10.0. The fraction of sp³-hybridized carbons (Fsp3) is 0.688. The summed E-state index contributed by atoms with van der Waals surface area (Å²) in [5, 5.41) is 0. The van der Waals surface area contributed by atoms with E-state index in [2.05, 4.69) is 0 Å². The summed E-state index contributed by atoms with van der Waals surface area (Å²) in [6, 6.07) is -1.19. The van der Waals surface area contributed by atoms with Crippen molar-refractivity contribution in [1.82, 2.24) is 4.90 Å². The van der Waals surface area contributed by atoms with Crippen molar-refractivity contribution >= 4 is 17.8 Å². The zero-order chi connectivity index (χ0) is 17.0. The average Bonchev–Trinajstić information content (AvgIpc) is 2.81. The Morgan fingerprint density at radius 2 is 1.74 bits per heavy atom. The molecule has 1 saturated carbocycles. The first kappa shape index (κ1) is 17.3. The van der Waals surface area contributed by atoms with Crippen LogP contribution in [-0.2, 0) is 23.9 Å². The van der Waals surface area contributed by atoms with Crippen LogP contribution >= 0.6 is 0 Å². The third-order valence-corrected chi connectivity index (χ3v) is 4.28. The molecule has 0 aromatic heterocycles. The Balaban J connectivity index is 2.36. The predicted octanol–water partition coefficient (Wildman–Crippen LogP) is 0.869. The molecule has 1 aliphatic heterocycles. The van der Waals surface area contributed by atoms with Crippen LogP contribution in [0.2, 0.25) is 0 Å². The molecular weight excluding hydrogens is 300 g/mol. The van der Waals surface area contributed by atoms with Gasteiger partial charge < -0.3 is 20.1 Å². The van der Waals surface area contributed by atoms with Crippen molar-refractivity contribution < 1.29 is 23.9 Å². The highest BCUT2D eigenvalue weighted by molar-refractivity contribution is 6.12. The van der Waals surface area contributed by atoms with Gasteiger partial charge in [0.15, 0.2) is 6.04 Å². The van der Waals surface area contributed by atoms with Gasteiger partial charge >= 0.3 is 11.9 Å². The quantitative estimate of drug-likeness (QED) is 0.753. The van der Waals surface area contributed by atoms with Crippen LogP contribution < -0.4 is 5.73 Å². The van der Waals surface area contributed by atoms with E-state index in [0.717, 1.165) is 32.1 Å². The summed E-state index contributed by atoms with van der Waals surface area (Å²) in [5.74, 6) is -1.83. The van der Waals surface area contributed by atoms with Crippen LogP contribution in [0.15, 0.2) is 11.3 Å². The Bertz CT molecular complexity index is 523. The lowest BCUT2D eigenvalue weighted by Gasteiger charge is -2.35. The van der Waals surface area contributed by atoms with E-state index in [0.29, 0.717) is 0 Å². The number of hydrogen-bond acceptors (Lipinski definition) is 6. The third kappa shape index (κ3) is 3.33. The minimum absolute atomic E-state index is 0.0825. The van der Waals surface area contributed by atoms with Crippen molar-refractivity contribution in [2.45, 2.75) is 58.0 Å².